The zero-order valence-corrected chi connectivity index (χ0v) is 8.27. The van der Waals surface area contributed by atoms with E-state index in [1.165, 1.54) is 0 Å². The second-order valence-corrected chi connectivity index (χ2v) is 3.10. The van der Waals surface area contributed by atoms with E-state index in [0.29, 0.717) is 12.4 Å². The first-order valence-electron chi connectivity index (χ1n) is 4.02. The highest BCUT2D eigenvalue weighted by atomic mass is 35.5. The number of aromatic nitrogens is 5. The van der Waals surface area contributed by atoms with Crippen molar-refractivity contribution in [3.05, 3.63) is 23.3 Å². The molecule has 74 valence electrons. The van der Waals surface area contributed by atoms with Gasteiger partial charge in [0, 0.05) is 0 Å². The van der Waals surface area contributed by atoms with E-state index in [9.17, 15) is 0 Å². The number of rotatable bonds is 3. The molecular formula is C7H8ClN5O. The van der Waals surface area contributed by atoms with Crippen molar-refractivity contribution in [2.45, 2.75) is 19.3 Å². The molecule has 0 spiro atoms. The molecule has 0 N–H and O–H groups in total. The molecule has 2 aromatic heterocycles. The molecule has 6 nitrogen and oxygen atoms in total. The van der Waals surface area contributed by atoms with Crippen molar-refractivity contribution in [3.8, 4) is 0 Å². The summed E-state index contributed by atoms with van der Waals surface area (Å²) in [5.74, 6) is 0.357. The normalized spacial score (nSPS) is 10.7. The van der Waals surface area contributed by atoms with Gasteiger partial charge in [-0.05, 0) is 6.92 Å². The van der Waals surface area contributed by atoms with E-state index in [-0.39, 0.29) is 0 Å². The smallest absolute Gasteiger partial charge is 0.129 e. The average molecular weight is 214 g/mol. The highest BCUT2D eigenvalue weighted by Gasteiger charge is 2.07. The number of alkyl halides is 1. The van der Waals surface area contributed by atoms with E-state index < -0.39 is 0 Å². The Labute approximate surface area is 84.8 Å². The second-order valence-electron chi connectivity index (χ2n) is 2.84. The van der Waals surface area contributed by atoms with E-state index in [2.05, 4.69) is 25.3 Å². The Kier molecular flexibility index (Phi) is 2.45. The molecule has 0 amide bonds. The lowest BCUT2D eigenvalue weighted by Crippen LogP contribution is -2.02. The van der Waals surface area contributed by atoms with Crippen molar-refractivity contribution in [3.63, 3.8) is 0 Å². The molecule has 0 aromatic carbocycles. The standard InChI is InChI=1S/C7H8ClN5O/c1-5-7(11-14-10-5)4-13-3-6(2-8)9-12-13/h3H,2,4H2,1H3. The first-order chi connectivity index (χ1) is 6.79. The van der Waals surface area contributed by atoms with Crippen LogP contribution in [0.2, 0.25) is 0 Å². The van der Waals surface area contributed by atoms with Crippen LogP contribution in [0.4, 0.5) is 0 Å². The van der Waals surface area contributed by atoms with E-state index in [4.69, 9.17) is 11.6 Å². The lowest BCUT2D eigenvalue weighted by molar-refractivity contribution is 0.300. The molecule has 0 bridgehead atoms. The number of aryl methyl sites for hydroxylation is 1. The van der Waals surface area contributed by atoms with Crippen LogP contribution in [0, 0.1) is 6.92 Å². The monoisotopic (exact) mass is 213 g/mol. The Balaban J connectivity index is 2.15. The van der Waals surface area contributed by atoms with Gasteiger partial charge in [0.05, 0.1) is 24.3 Å². The maximum atomic E-state index is 5.59. The Morgan fingerprint density at radius 3 is 2.93 bits per heavy atom. The minimum atomic E-state index is 0.357. The first-order valence-corrected chi connectivity index (χ1v) is 4.56. The van der Waals surface area contributed by atoms with Crippen LogP contribution in [0.5, 0.6) is 0 Å². The summed E-state index contributed by atoms with van der Waals surface area (Å²) in [6.45, 7) is 2.32. The molecule has 0 atom stereocenters. The summed E-state index contributed by atoms with van der Waals surface area (Å²) in [5, 5.41) is 15.1. The molecule has 0 unspecified atom stereocenters. The third-order valence-corrected chi connectivity index (χ3v) is 2.06. The van der Waals surface area contributed by atoms with E-state index >= 15 is 0 Å². The lowest BCUT2D eigenvalue weighted by Gasteiger charge is -1.94. The molecule has 0 saturated heterocycles. The van der Waals surface area contributed by atoms with Crippen LogP contribution in [0.1, 0.15) is 17.1 Å². The molecule has 0 radical (unpaired) electrons. The van der Waals surface area contributed by atoms with Crippen LogP contribution in [0.15, 0.2) is 10.8 Å². The molecule has 2 rings (SSSR count). The molecule has 0 fully saturated rings. The summed E-state index contributed by atoms with van der Waals surface area (Å²) in [7, 11) is 0. The molecule has 2 aromatic rings. The third kappa shape index (κ3) is 1.74. The average Bonchev–Trinajstić information content (AvgIpc) is 2.77. The predicted octanol–water partition coefficient (Wildman–Crippen LogP) is 0.757. The van der Waals surface area contributed by atoms with E-state index in [1.807, 2.05) is 6.92 Å². The number of hydrogen-bond acceptors (Lipinski definition) is 5. The minimum Gasteiger partial charge on any atom is -0.246 e. The van der Waals surface area contributed by atoms with Gasteiger partial charge in [0.2, 0.25) is 0 Å². The first kappa shape index (κ1) is 9.14. The summed E-state index contributed by atoms with van der Waals surface area (Å²) in [5.41, 5.74) is 2.24. The van der Waals surface area contributed by atoms with Gasteiger partial charge in [0.25, 0.3) is 0 Å². The molecule has 0 aliphatic heterocycles. The van der Waals surface area contributed by atoms with Crippen LogP contribution in [-0.2, 0) is 12.4 Å². The van der Waals surface area contributed by atoms with Crippen molar-refractivity contribution < 1.29 is 4.63 Å². The minimum absolute atomic E-state index is 0.357. The lowest BCUT2D eigenvalue weighted by atomic mass is 10.3. The summed E-state index contributed by atoms with van der Waals surface area (Å²) in [4.78, 5) is 0. The van der Waals surface area contributed by atoms with Gasteiger partial charge in [-0.2, -0.15) is 0 Å². The maximum absolute atomic E-state index is 5.59. The summed E-state index contributed by atoms with van der Waals surface area (Å²) < 4.78 is 6.21. The third-order valence-electron chi connectivity index (χ3n) is 1.78. The number of nitrogens with zero attached hydrogens (tertiary/aromatic N) is 5. The zero-order valence-electron chi connectivity index (χ0n) is 7.51. The van der Waals surface area contributed by atoms with Gasteiger partial charge in [-0.3, -0.25) is 0 Å². The summed E-state index contributed by atoms with van der Waals surface area (Å²) >= 11 is 5.59. The van der Waals surface area contributed by atoms with Crippen LogP contribution in [0.25, 0.3) is 0 Å². The number of hydrogen-bond donors (Lipinski definition) is 0. The predicted molar refractivity (Wildman–Crippen MR) is 47.7 cm³/mol. The molecule has 7 heteroatoms. The Hall–Kier alpha value is -1.43. The van der Waals surface area contributed by atoms with Gasteiger partial charge in [-0.25, -0.2) is 9.31 Å². The largest absolute Gasteiger partial charge is 0.246 e. The van der Waals surface area contributed by atoms with Crippen molar-refractivity contribution in [1.29, 1.82) is 0 Å². The van der Waals surface area contributed by atoms with Gasteiger partial charge in [-0.1, -0.05) is 15.5 Å². The van der Waals surface area contributed by atoms with Gasteiger partial charge in [0.15, 0.2) is 0 Å². The fraction of sp³-hybridized carbons (Fsp3) is 0.429. The van der Waals surface area contributed by atoms with Gasteiger partial charge in [0.1, 0.15) is 11.4 Å². The highest BCUT2D eigenvalue weighted by molar-refractivity contribution is 6.16. The molecule has 2 heterocycles. The molecule has 0 aliphatic rings. The maximum Gasteiger partial charge on any atom is 0.129 e. The van der Waals surface area contributed by atoms with E-state index in [1.54, 1.807) is 10.9 Å². The van der Waals surface area contributed by atoms with Crippen LogP contribution in [-0.4, -0.2) is 25.3 Å². The SMILES string of the molecule is Cc1nonc1Cn1cc(CCl)nn1. The van der Waals surface area contributed by atoms with Crippen molar-refractivity contribution in [2.24, 2.45) is 0 Å². The van der Waals surface area contributed by atoms with Crippen molar-refractivity contribution >= 4 is 11.6 Å². The fourth-order valence-corrected chi connectivity index (χ4v) is 1.15. The fourth-order valence-electron chi connectivity index (χ4n) is 1.02. The molecule has 0 saturated carbocycles. The van der Waals surface area contributed by atoms with Gasteiger partial charge >= 0.3 is 0 Å². The van der Waals surface area contributed by atoms with Crippen LogP contribution in [0.3, 0.4) is 0 Å². The molecule has 14 heavy (non-hydrogen) atoms. The molecular weight excluding hydrogens is 206 g/mol. The summed E-state index contributed by atoms with van der Waals surface area (Å²) in [6, 6.07) is 0. The number of halogens is 1. The Morgan fingerprint density at radius 2 is 2.36 bits per heavy atom. The van der Waals surface area contributed by atoms with Crippen LogP contribution >= 0.6 is 11.6 Å². The summed E-state index contributed by atoms with van der Waals surface area (Å²) in [6.07, 6.45) is 1.76. The van der Waals surface area contributed by atoms with Crippen molar-refractivity contribution in [2.75, 3.05) is 0 Å². The second kappa shape index (κ2) is 3.75. The van der Waals surface area contributed by atoms with Gasteiger partial charge in [-0.15, -0.1) is 16.7 Å². The quantitative estimate of drug-likeness (QED) is 0.704. The van der Waals surface area contributed by atoms with Crippen LogP contribution < -0.4 is 0 Å². The molecule has 0 aliphatic carbocycles. The van der Waals surface area contributed by atoms with E-state index in [0.717, 1.165) is 17.1 Å². The Morgan fingerprint density at radius 1 is 1.50 bits per heavy atom. The zero-order chi connectivity index (χ0) is 9.97. The topological polar surface area (TPSA) is 69.6 Å². The Bertz CT molecular complexity index is 423. The van der Waals surface area contributed by atoms with Gasteiger partial charge < -0.3 is 0 Å². The highest BCUT2D eigenvalue weighted by Crippen LogP contribution is 2.04. The van der Waals surface area contributed by atoms with Crippen molar-refractivity contribution in [1.82, 2.24) is 25.3 Å².